The van der Waals surface area contributed by atoms with Crippen LogP contribution in [0.4, 0.5) is 17.2 Å². The summed E-state index contributed by atoms with van der Waals surface area (Å²) in [5, 5.41) is 4.52. The van der Waals surface area contributed by atoms with Crippen molar-refractivity contribution in [2.24, 2.45) is 0 Å². The lowest BCUT2D eigenvalue weighted by Crippen LogP contribution is -2.44. The fraction of sp³-hybridized carbons (Fsp3) is 0.333. The normalized spacial score (nSPS) is 15.4. The van der Waals surface area contributed by atoms with E-state index in [4.69, 9.17) is 0 Å². The minimum Gasteiger partial charge on any atom is -0.369 e. The molecule has 5 heteroatoms. The van der Waals surface area contributed by atoms with Gasteiger partial charge in [-0.3, -0.25) is 0 Å². The summed E-state index contributed by atoms with van der Waals surface area (Å²) in [5.74, 6) is 0.859. The lowest BCUT2D eigenvalue weighted by atomic mass is 10.1. The monoisotopic (exact) mass is 347 g/mol. The van der Waals surface area contributed by atoms with Crippen LogP contribution in [-0.2, 0) is 6.42 Å². The summed E-state index contributed by atoms with van der Waals surface area (Å²) in [6.07, 6.45) is 2.62. The average molecular weight is 347 g/mol. The quantitative estimate of drug-likeness (QED) is 0.780. The lowest BCUT2D eigenvalue weighted by Gasteiger charge is -2.34. The van der Waals surface area contributed by atoms with Crippen LogP contribution in [0.25, 0.3) is 10.9 Å². The molecule has 0 unspecified atom stereocenters. The number of aryl methyl sites for hydroxylation is 1. The Kier molecular flexibility index (Phi) is 4.71. The van der Waals surface area contributed by atoms with Crippen molar-refractivity contribution in [3.63, 3.8) is 0 Å². The molecule has 26 heavy (non-hydrogen) atoms. The lowest BCUT2D eigenvalue weighted by molar-refractivity contribution is 0.313. The summed E-state index contributed by atoms with van der Waals surface area (Å²) in [4.78, 5) is 13.7. The zero-order valence-electron chi connectivity index (χ0n) is 15.4. The van der Waals surface area contributed by atoms with Crippen molar-refractivity contribution in [3.05, 3.63) is 54.4 Å². The molecule has 0 aliphatic carbocycles. The van der Waals surface area contributed by atoms with Gasteiger partial charge in [0, 0.05) is 42.9 Å². The van der Waals surface area contributed by atoms with Gasteiger partial charge in [0.2, 0.25) is 0 Å². The number of likely N-dealkylation sites (N-methyl/N-ethyl adjacent to an activating group) is 1. The van der Waals surface area contributed by atoms with Gasteiger partial charge < -0.3 is 15.1 Å². The number of benzene rings is 2. The first-order valence-corrected chi connectivity index (χ1v) is 9.27. The van der Waals surface area contributed by atoms with Gasteiger partial charge in [-0.15, -0.1) is 0 Å². The minimum atomic E-state index is 0.859. The third kappa shape index (κ3) is 3.48. The van der Waals surface area contributed by atoms with Gasteiger partial charge in [-0.25, -0.2) is 9.97 Å². The van der Waals surface area contributed by atoms with E-state index in [1.165, 1.54) is 11.3 Å². The SMILES string of the molecule is CCc1ccc2ncnc(Nc3ccc(N4CCN(C)CC4)cc3)c2c1. The molecule has 1 fully saturated rings. The van der Waals surface area contributed by atoms with Crippen LogP contribution in [-0.4, -0.2) is 48.1 Å². The van der Waals surface area contributed by atoms with E-state index in [0.717, 1.165) is 55.0 Å². The van der Waals surface area contributed by atoms with E-state index in [0.29, 0.717) is 0 Å². The van der Waals surface area contributed by atoms with Crippen LogP contribution in [0.1, 0.15) is 12.5 Å². The molecule has 0 amide bonds. The Morgan fingerprint density at radius 1 is 0.962 bits per heavy atom. The Balaban J connectivity index is 1.55. The fourth-order valence-corrected chi connectivity index (χ4v) is 3.38. The Bertz CT molecular complexity index is 883. The molecule has 0 spiro atoms. The van der Waals surface area contributed by atoms with Crippen LogP contribution in [0, 0.1) is 0 Å². The first kappa shape index (κ1) is 16.8. The summed E-state index contributed by atoms with van der Waals surface area (Å²) < 4.78 is 0. The van der Waals surface area contributed by atoms with Crippen LogP contribution in [0.15, 0.2) is 48.8 Å². The van der Waals surface area contributed by atoms with Crippen LogP contribution in [0.5, 0.6) is 0 Å². The van der Waals surface area contributed by atoms with Gasteiger partial charge in [0.1, 0.15) is 12.1 Å². The summed E-state index contributed by atoms with van der Waals surface area (Å²) >= 11 is 0. The number of nitrogens with zero attached hydrogens (tertiary/aromatic N) is 4. The molecule has 1 saturated heterocycles. The molecule has 0 bridgehead atoms. The van der Waals surface area contributed by atoms with Crippen LogP contribution in [0.2, 0.25) is 0 Å². The number of nitrogens with one attached hydrogen (secondary N) is 1. The molecule has 2 aromatic carbocycles. The van der Waals surface area contributed by atoms with Crippen molar-refractivity contribution in [1.82, 2.24) is 14.9 Å². The average Bonchev–Trinajstić information content (AvgIpc) is 2.69. The topological polar surface area (TPSA) is 44.3 Å². The van der Waals surface area contributed by atoms with Crippen molar-refractivity contribution in [2.75, 3.05) is 43.4 Å². The van der Waals surface area contributed by atoms with E-state index in [1.807, 2.05) is 0 Å². The second-order valence-corrected chi connectivity index (χ2v) is 6.89. The molecule has 4 rings (SSSR count). The molecule has 134 valence electrons. The number of hydrogen-bond acceptors (Lipinski definition) is 5. The second kappa shape index (κ2) is 7.30. The molecule has 0 atom stereocenters. The smallest absolute Gasteiger partial charge is 0.141 e. The Morgan fingerprint density at radius 2 is 1.73 bits per heavy atom. The molecule has 0 saturated carbocycles. The standard InChI is InChI=1S/C21H25N5/c1-3-16-4-9-20-19(14-16)21(23-15-22-20)24-17-5-7-18(8-6-17)26-12-10-25(2)11-13-26/h4-9,14-15H,3,10-13H2,1-2H3,(H,22,23,24). The zero-order chi connectivity index (χ0) is 17.9. The minimum absolute atomic E-state index is 0.859. The molecular formula is C21H25N5. The van der Waals surface area contributed by atoms with Crippen molar-refractivity contribution < 1.29 is 0 Å². The van der Waals surface area contributed by atoms with E-state index in [-0.39, 0.29) is 0 Å². The molecule has 2 heterocycles. The van der Waals surface area contributed by atoms with Crippen LogP contribution < -0.4 is 10.2 Å². The van der Waals surface area contributed by atoms with Gasteiger partial charge in [-0.2, -0.15) is 0 Å². The molecular weight excluding hydrogens is 322 g/mol. The third-order valence-corrected chi connectivity index (χ3v) is 5.11. The Hall–Kier alpha value is -2.66. The van der Waals surface area contributed by atoms with E-state index < -0.39 is 0 Å². The number of hydrogen-bond donors (Lipinski definition) is 1. The highest BCUT2D eigenvalue weighted by Gasteiger charge is 2.14. The summed E-state index contributed by atoms with van der Waals surface area (Å²) in [5.41, 5.74) is 4.59. The summed E-state index contributed by atoms with van der Waals surface area (Å²) in [6, 6.07) is 15.0. The first-order valence-electron chi connectivity index (χ1n) is 9.27. The van der Waals surface area contributed by atoms with Gasteiger partial charge in [0.25, 0.3) is 0 Å². The summed E-state index contributed by atoms with van der Waals surface area (Å²) in [6.45, 7) is 6.56. The predicted octanol–water partition coefficient (Wildman–Crippen LogP) is 3.69. The fourth-order valence-electron chi connectivity index (χ4n) is 3.38. The van der Waals surface area contributed by atoms with Gasteiger partial charge in [-0.05, 0) is 55.4 Å². The molecule has 1 N–H and O–H groups in total. The van der Waals surface area contributed by atoms with Crippen molar-refractivity contribution >= 4 is 28.1 Å². The van der Waals surface area contributed by atoms with Crippen LogP contribution >= 0.6 is 0 Å². The van der Waals surface area contributed by atoms with E-state index in [9.17, 15) is 0 Å². The highest BCUT2D eigenvalue weighted by atomic mass is 15.2. The maximum Gasteiger partial charge on any atom is 0.141 e. The van der Waals surface area contributed by atoms with E-state index >= 15 is 0 Å². The molecule has 1 aliphatic rings. The molecule has 1 aliphatic heterocycles. The maximum absolute atomic E-state index is 4.46. The van der Waals surface area contributed by atoms with Crippen molar-refractivity contribution in [1.29, 1.82) is 0 Å². The first-order chi connectivity index (χ1) is 12.7. The largest absolute Gasteiger partial charge is 0.369 e. The predicted molar refractivity (Wildman–Crippen MR) is 108 cm³/mol. The van der Waals surface area contributed by atoms with Gasteiger partial charge >= 0.3 is 0 Å². The second-order valence-electron chi connectivity index (χ2n) is 6.89. The number of aromatic nitrogens is 2. The Morgan fingerprint density at radius 3 is 2.46 bits per heavy atom. The van der Waals surface area contributed by atoms with E-state index in [1.54, 1.807) is 6.33 Å². The van der Waals surface area contributed by atoms with Crippen molar-refractivity contribution in [2.45, 2.75) is 13.3 Å². The van der Waals surface area contributed by atoms with E-state index in [2.05, 4.69) is 81.5 Å². The number of fused-ring (bicyclic) bond motifs is 1. The van der Waals surface area contributed by atoms with Crippen LogP contribution in [0.3, 0.4) is 0 Å². The Labute approximate surface area is 154 Å². The van der Waals surface area contributed by atoms with Gasteiger partial charge in [-0.1, -0.05) is 13.0 Å². The van der Waals surface area contributed by atoms with Crippen molar-refractivity contribution in [3.8, 4) is 0 Å². The maximum atomic E-state index is 4.46. The summed E-state index contributed by atoms with van der Waals surface area (Å²) in [7, 11) is 2.18. The van der Waals surface area contributed by atoms with Gasteiger partial charge in [0.15, 0.2) is 0 Å². The molecule has 5 nitrogen and oxygen atoms in total. The highest BCUT2D eigenvalue weighted by Crippen LogP contribution is 2.26. The highest BCUT2D eigenvalue weighted by molar-refractivity contribution is 5.91. The number of anilines is 3. The number of rotatable bonds is 4. The number of piperazine rings is 1. The third-order valence-electron chi connectivity index (χ3n) is 5.11. The zero-order valence-corrected chi connectivity index (χ0v) is 15.4. The molecule has 0 radical (unpaired) electrons. The molecule has 3 aromatic rings. The van der Waals surface area contributed by atoms with Gasteiger partial charge in [0.05, 0.1) is 5.52 Å². The molecule has 1 aromatic heterocycles.